The van der Waals surface area contributed by atoms with Crippen LogP contribution in [0.4, 0.5) is 0 Å². The molecule has 0 spiro atoms. The maximum atomic E-state index is 13.1. The molecule has 1 aromatic rings. The van der Waals surface area contributed by atoms with Crippen molar-refractivity contribution in [3.8, 4) is 11.5 Å². The molecule has 1 aliphatic heterocycles. The number of sulfonamides is 1. The molecule has 0 bridgehead atoms. The molecule has 1 heterocycles. The van der Waals surface area contributed by atoms with Crippen LogP contribution < -0.4 is 9.47 Å². The van der Waals surface area contributed by atoms with E-state index in [0.717, 1.165) is 5.56 Å². The van der Waals surface area contributed by atoms with Gasteiger partial charge in [-0.25, -0.2) is 8.42 Å². The number of carboxylic acids is 1. The number of benzene rings is 1. The number of piperidine rings is 1. The summed E-state index contributed by atoms with van der Waals surface area (Å²) < 4.78 is 38.5. The molecular weight excluding hydrogens is 346 g/mol. The summed E-state index contributed by atoms with van der Waals surface area (Å²) in [6.45, 7) is 6.60. The van der Waals surface area contributed by atoms with Crippen LogP contribution >= 0.6 is 0 Å². The van der Waals surface area contributed by atoms with Gasteiger partial charge < -0.3 is 14.6 Å². The third-order valence-corrected chi connectivity index (χ3v) is 6.18. The molecule has 0 radical (unpaired) electrons. The Bertz CT molecular complexity index is 723. The summed E-state index contributed by atoms with van der Waals surface area (Å²) >= 11 is 0. The zero-order chi connectivity index (χ0) is 18.6. The zero-order valence-corrected chi connectivity index (χ0v) is 15.6. The van der Waals surface area contributed by atoms with E-state index in [1.54, 1.807) is 13.0 Å². The van der Waals surface area contributed by atoms with Gasteiger partial charge in [-0.1, -0.05) is 0 Å². The van der Waals surface area contributed by atoms with Gasteiger partial charge in [-0.2, -0.15) is 4.31 Å². The first-order valence-electron chi connectivity index (χ1n) is 8.44. The van der Waals surface area contributed by atoms with Gasteiger partial charge in [0.2, 0.25) is 10.0 Å². The first-order chi connectivity index (χ1) is 11.8. The predicted molar refractivity (Wildman–Crippen MR) is 92.6 cm³/mol. The third kappa shape index (κ3) is 4.24. The number of hydrogen-bond acceptors (Lipinski definition) is 5. The quantitative estimate of drug-likeness (QED) is 0.790. The molecule has 25 heavy (non-hydrogen) atoms. The average molecular weight is 371 g/mol. The van der Waals surface area contributed by atoms with Gasteiger partial charge in [-0.05, 0) is 45.2 Å². The number of ether oxygens (including phenoxy) is 2. The number of aliphatic carboxylic acids is 1. The van der Waals surface area contributed by atoms with E-state index < -0.39 is 21.9 Å². The Hall–Kier alpha value is -1.80. The lowest BCUT2D eigenvalue weighted by atomic mass is 9.99. The van der Waals surface area contributed by atoms with Gasteiger partial charge >= 0.3 is 5.97 Å². The molecule has 8 heteroatoms. The van der Waals surface area contributed by atoms with Crippen molar-refractivity contribution < 1.29 is 27.8 Å². The molecule has 0 aliphatic carbocycles. The van der Waals surface area contributed by atoms with Crippen molar-refractivity contribution >= 4 is 16.0 Å². The second-order valence-electron chi connectivity index (χ2n) is 5.95. The number of nitrogens with zero attached hydrogens (tertiary/aromatic N) is 1. The fourth-order valence-corrected chi connectivity index (χ4v) is 4.50. The van der Waals surface area contributed by atoms with Crippen molar-refractivity contribution in [3.05, 3.63) is 17.7 Å². The highest BCUT2D eigenvalue weighted by molar-refractivity contribution is 7.89. The Kier molecular flexibility index (Phi) is 6.29. The lowest BCUT2D eigenvalue weighted by Crippen LogP contribution is -2.40. The van der Waals surface area contributed by atoms with E-state index in [2.05, 4.69) is 0 Å². The van der Waals surface area contributed by atoms with Gasteiger partial charge in [0.25, 0.3) is 0 Å². The van der Waals surface area contributed by atoms with Gasteiger partial charge in [0.05, 0.1) is 19.1 Å². The van der Waals surface area contributed by atoms with E-state index in [4.69, 9.17) is 14.6 Å². The molecule has 7 nitrogen and oxygen atoms in total. The fraction of sp³-hybridized carbons (Fsp3) is 0.588. The maximum absolute atomic E-state index is 13.1. The molecule has 1 aliphatic rings. The van der Waals surface area contributed by atoms with Crippen LogP contribution in [-0.2, 0) is 14.8 Å². The Balaban J connectivity index is 2.37. The van der Waals surface area contributed by atoms with Gasteiger partial charge in [-0.3, -0.25) is 4.79 Å². The van der Waals surface area contributed by atoms with Crippen molar-refractivity contribution in [2.45, 2.75) is 38.5 Å². The van der Waals surface area contributed by atoms with E-state index in [1.165, 1.54) is 10.4 Å². The molecular formula is C17H25NO6S. The second kappa shape index (κ2) is 8.05. The standard InChI is InChI=1S/C17H25NO6S/c1-4-23-14-11-16(15(24-5-2)10-12(14)3)25(21,22)18-8-6-13(7-9-18)17(19)20/h10-11,13H,4-9H2,1-3H3,(H,19,20). The van der Waals surface area contributed by atoms with Crippen molar-refractivity contribution in [2.75, 3.05) is 26.3 Å². The molecule has 0 aromatic heterocycles. The molecule has 0 unspecified atom stereocenters. The molecule has 1 fully saturated rings. The monoisotopic (exact) mass is 371 g/mol. The van der Waals surface area contributed by atoms with E-state index in [-0.39, 0.29) is 18.0 Å². The Morgan fingerprint density at radius 2 is 1.72 bits per heavy atom. The number of carbonyl (C=O) groups is 1. The summed E-state index contributed by atoms with van der Waals surface area (Å²) in [6.07, 6.45) is 0.616. The summed E-state index contributed by atoms with van der Waals surface area (Å²) in [6, 6.07) is 3.17. The highest BCUT2D eigenvalue weighted by Gasteiger charge is 2.34. The minimum atomic E-state index is -3.79. The number of hydrogen-bond donors (Lipinski definition) is 1. The molecule has 0 atom stereocenters. The van der Waals surface area contributed by atoms with Gasteiger partial charge in [0.15, 0.2) is 0 Å². The van der Waals surface area contributed by atoms with Crippen LogP contribution in [0.5, 0.6) is 11.5 Å². The summed E-state index contributed by atoms with van der Waals surface area (Å²) in [4.78, 5) is 11.1. The lowest BCUT2D eigenvalue weighted by molar-refractivity contribution is -0.142. The van der Waals surface area contributed by atoms with E-state index in [1.807, 2.05) is 13.8 Å². The summed E-state index contributed by atoms with van der Waals surface area (Å²) in [5.74, 6) is -0.565. The van der Waals surface area contributed by atoms with Crippen LogP contribution in [0.25, 0.3) is 0 Å². The van der Waals surface area contributed by atoms with Crippen molar-refractivity contribution in [1.29, 1.82) is 0 Å². The lowest BCUT2D eigenvalue weighted by Gasteiger charge is -2.30. The summed E-state index contributed by atoms with van der Waals surface area (Å²) in [5, 5.41) is 9.08. The van der Waals surface area contributed by atoms with Crippen LogP contribution in [-0.4, -0.2) is 50.1 Å². The topological polar surface area (TPSA) is 93.1 Å². The molecule has 0 amide bonds. The third-order valence-electron chi connectivity index (χ3n) is 4.26. The van der Waals surface area contributed by atoms with E-state index in [0.29, 0.717) is 37.6 Å². The SMILES string of the molecule is CCOc1cc(S(=O)(=O)N2CCC(C(=O)O)CC2)c(OCC)cc1C. The molecule has 2 rings (SSSR count). The van der Waals surface area contributed by atoms with Crippen LogP contribution in [0.15, 0.2) is 17.0 Å². The van der Waals surface area contributed by atoms with Crippen molar-refractivity contribution in [1.82, 2.24) is 4.31 Å². The summed E-state index contributed by atoms with van der Waals surface area (Å²) in [5.41, 5.74) is 0.800. The largest absolute Gasteiger partial charge is 0.494 e. The van der Waals surface area contributed by atoms with Gasteiger partial charge in [0.1, 0.15) is 16.4 Å². The summed E-state index contributed by atoms with van der Waals surface area (Å²) in [7, 11) is -3.79. The first kappa shape index (κ1) is 19.5. The number of aryl methyl sites for hydroxylation is 1. The fourth-order valence-electron chi connectivity index (χ4n) is 2.91. The van der Waals surface area contributed by atoms with Crippen molar-refractivity contribution in [3.63, 3.8) is 0 Å². The maximum Gasteiger partial charge on any atom is 0.306 e. The predicted octanol–water partition coefficient (Wildman–Crippen LogP) is 2.28. The number of rotatable bonds is 7. The first-order valence-corrected chi connectivity index (χ1v) is 9.88. The zero-order valence-electron chi connectivity index (χ0n) is 14.8. The van der Waals surface area contributed by atoms with E-state index in [9.17, 15) is 13.2 Å². The van der Waals surface area contributed by atoms with Crippen LogP contribution in [0, 0.1) is 12.8 Å². The Morgan fingerprint density at radius 3 is 2.24 bits per heavy atom. The highest BCUT2D eigenvalue weighted by Crippen LogP contribution is 2.35. The normalized spacial score (nSPS) is 16.6. The van der Waals surface area contributed by atoms with E-state index >= 15 is 0 Å². The smallest absolute Gasteiger partial charge is 0.306 e. The second-order valence-corrected chi connectivity index (χ2v) is 7.85. The van der Waals surface area contributed by atoms with Gasteiger partial charge in [-0.15, -0.1) is 0 Å². The Morgan fingerprint density at radius 1 is 1.16 bits per heavy atom. The Labute approximate surface area is 148 Å². The average Bonchev–Trinajstić information content (AvgIpc) is 2.57. The molecule has 1 aromatic carbocycles. The minimum absolute atomic E-state index is 0.0668. The molecule has 1 saturated heterocycles. The molecule has 0 saturated carbocycles. The van der Waals surface area contributed by atoms with Crippen LogP contribution in [0.3, 0.4) is 0 Å². The minimum Gasteiger partial charge on any atom is -0.494 e. The molecule has 140 valence electrons. The highest BCUT2D eigenvalue weighted by atomic mass is 32.2. The van der Waals surface area contributed by atoms with Gasteiger partial charge in [0, 0.05) is 19.2 Å². The number of carboxylic acid groups (broad SMARTS) is 1. The van der Waals surface area contributed by atoms with Crippen LogP contribution in [0.1, 0.15) is 32.3 Å². The van der Waals surface area contributed by atoms with Crippen LogP contribution in [0.2, 0.25) is 0 Å². The molecule has 1 N–H and O–H groups in total. The van der Waals surface area contributed by atoms with Crippen molar-refractivity contribution in [2.24, 2.45) is 5.92 Å².